The minimum Gasteiger partial charge on any atom is -0.341 e. The summed E-state index contributed by atoms with van der Waals surface area (Å²) < 4.78 is 0. The molecule has 2 N–H and O–H groups in total. The minimum atomic E-state index is 0.157. The second-order valence-corrected chi connectivity index (χ2v) is 2.81. The van der Waals surface area contributed by atoms with Crippen LogP contribution < -0.4 is 5.73 Å². The first kappa shape index (κ1) is 10.4. The smallest absolute Gasteiger partial charge is 0.224 e. The average molecular weight is 158 g/mol. The number of nitrogens with two attached hydrogens (primary N) is 1. The van der Waals surface area contributed by atoms with E-state index >= 15 is 0 Å². The van der Waals surface area contributed by atoms with Crippen molar-refractivity contribution in [1.29, 1.82) is 0 Å². The van der Waals surface area contributed by atoms with Gasteiger partial charge in [0.25, 0.3) is 0 Å². The van der Waals surface area contributed by atoms with Crippen molar-refractivity contribution in [2.24, 2.45) is 5.73 Å². The zero-order valence-electron chi connectivity index (χ0n) is 7.63. The number of carbonyl (C=O) groups excluding carboxylic acids is 1. The zero-order valence-corrected chi connectivity index (χ0v) is 7.63. The Morgan fingerprint density at radius 1 is 1.55 bits per heavy atom. The van der Waals surface area contributed by atoms with E-state index in [1.54, 1.807) is 0 Å². The molecule has 0 radical (unpaired) electrons. The SMILES string of the molecule is CCN(C(=O)CCN)C(C)C. The summed E-state index contributed by atoms with van der Waals surface area (Å²) >= 11 is 0. The molecule has 0 aromatic rings. The van der Waals surface area contributed by atoms with Gasteiger partial charge in [0.05, 0.1) is 0 Å². The van der Waals surface area contributed by atoms with Crippen LogP contribution in [0.3, 0.4) is 0 Å². The lowest BCUT2D eigenvalue weighted by Gasteiger charge is -2.24. The molecule has 0 aromatic carbocycles. The fraction of sp³-hybridized carbons (Fsp3) is 0.875. The van der Waals surface area contributed by atoms with Crippen LogP contribution in [0.15, 0.2) is 0 Å². The molecular weight excluding hydrogens is 140 g/mol. The Hall–Kier alpha value is -0.570. The third kappa shape index (κ3) is 3.37. The van der Waals surface area contributed by atoms with Crippen LogP contribution in [-0.4, -0.2) is 29.9 Å². The summed E-state index contributed by atoms with van der Waals surface area (Å²) in [5, 5.41) is 0. The van der Waals surface area contributed by atoms with Crippen molar-refractivity contribution in [3.8, 4) is 0 Å². The standard InChI is InChI=1S/C8H18N2O/c1-4-10(7(2)3)8(11)5-6-9/h7H,4-6,9H2,1-3H3. The lowest BCUT2D eigenvalue weighted by Crippen LogP contribution is -2.37. The Kier molecular flexibility index (Phi) is 4.86. The van der Waals surface area contributed by atoms with E-state index in [4.69, 9.17) is 5.73 Å². The lowest BCUT2D eigenvalue weighted by molar-refractivity contribution is -0.132. The molecule has 0 fully saturated rings. The molecule has 0 heterocycles. The predicted molar refractivity (Wildman–Crippen MR) is 46.2 cm³/mol. The van der Waals surface area contributed by atoms with Crippen LogP contribution in [-0.2, 0) is 4.79 Å². The number of rotatable bonds is 4. The summed E-state index contributed by atoms with van der Waals surface area (Å²) in [6, 6.07) is 0.291. The molecule has 0 bridgehead atoms. The third-order valence-electron chi connectivity index (χ3n) is 1.64. The van der Waals surface area contributed by atoms with E-state index in [2.05, 4.69) is 0 Å². The summed E-state index contributed by atoms with van der Waals surface area (Å²) in [5.74, 6) is 0.157. The van der Waals surface area contributed by atoms with Gasteiger partial charge in [-0.15, -0.1) is 0 Å². The maximum atomic E-state index is 11.3. The second-order valence-electron chi connectivity index (χ2n) is 2.81. The largest absolute Gasteiger partial charge is 0.341 e. The fourth-order valence-electron chi connectivity index (χ4n) is 1.10. The zero-order chi connectivity index (χ0) is 8.85. The highest BCUT2D eigenvalue weighted by Crippen LogP contribution is 1.99. The Morgan fingerprint density at radius 2 is 2.09 bits per heavy atom. The highest BCUT2D eigenvalue weighted by atomic mass is 16.2. The highest BCUT2D eigenvalue weighted by molar-refractivity contribution is 5.76. The normalized spacial score (nSPS) is 10.3. The Bertz CT molecular complexity index is 123. The number of carbonyl (C=O) groups is 1. The van der Waals surface area contributed by atoms with Gasteiger partial charge >= 0.3 is 0 Å². The van der Waals surface area contributed by atoms with Crippen LogP contribution in [0.25, 0.3) is 0 Å². The molecule has 0 aliphatic heterocycles. The van der Waals surface area contributed by atoms with Crippen LogP contribution in [0.4, 0.5) is 0 Å². The maximum absolute atomic E-state index is 11.3. The van der Waals surface area contributed by atoms with Crippen molar-refractivity contribution in [3.63, 3.8) is 0 Å². The van der Waals surface area contributed by atoms with Gasteiger partial charge in [0.15, 0.2) is 0 Å². The second kappa shape index (κ2) is 5.13. The van der Waals surface area contributed by atoms with Gasteiger partial charge in [-0.1, -0.05) is 0 Å². The van der Waals surface area contributed by atoms with Crippen molar-refractivity contribution >= 4 is 5.91 Å². The first-order chi connectivity index (χ1) is 5.13. The van der Waals surface area contributed by atoms with E-state index in [9.17, 15) is 4.79 Å². The van der Waals surface area contributed by atoms with Gasteiger partial charge < -0.3 is 10.6 Å². The predicted octanol–water partition coefficient (Wildman–Crippen LogP) is 0.592. The summed E-state index contributed by atoms with van der Waals surface area (Å²) in [6.45, 7) is 7.23. The van der Waals surface area contributed by atoms with Gasteiger partial charge in [0.2, 0.25) is 5.91 Å². The first-order valence-corrected chi connectivity index (χ1v) is 4.13. The van der Waals surface area contributed by atoms with Gasteiger partial charge in [-0.05, 0) is 20.8 Å². The van der Waals surface area contributed by atoms with Crippen molar-refractivity contribution in [2.45, 2.75) is 33.2 Å². The third-order valence-corrected chi connectivity index (χ3v) is 1.64. The molecule has 0 spiro atoms. The maximum Gasteiger partial charge on any atom is 0.224 e. The van der Waals surface area contributed by atoms with Crippen molar-refractivity contribution in [3.05, 3.63) is 0 Å². The first-order valence-electron chi connectivity index (χ1n) is 4.13. The van der Waals surface area contributed by atoms with E-state index in [0.29, 0.717) is 19.0 Å². The molecule has 11 heavy (non-hydrogen) atoms. The topological polar surface area (TPSA) is 46.3 Å². The average Bonchev–Trinajstić information content (AvgIpc) is 1.88. The molecule has 1 amide bonds. The summed E-state index contributed by atoms with van der Waals surface area (Å²) in [4.78, 5) is 13.1. The highest BCUT2D eigenvalue weighted by Gasteiger charge is 2.12. The van der Waals surface area contributed by atoms with Crippen LogP contribution in [0.2, 0.25) is 0 Å². The van der Waals surface area contributed by atoms with E-state index in [0.717, 1.165) is 6.54 Å². The number of hydrogen-bond acceptors (Lipinski definition) is 2. The van der Waals surface area contributed by atoms with Crippen LogP contribution >= 0.6 is 0 Å². The summed E-state index contributed by atoms with van der Waals surface area (Å²) in [7, 11) is 0. The number of hydrogen-bond donors (Lipinski definition) is 1. The summed E-state index contributed by atoms with van der Waals surface area (Å²) in [5.41, 5.74) is 5.27. The minimum absolute atomic E-state index is 0.157. The molecule has 0 aliphatic rings. The van der Waals surface area contributed by atoms with Crippen molar-refractivity contribution < 1.29 is 4.79 Å². The van der Waals surface area contributed by atoms with E-state index in [1.807, 2.05) is 25.7 Å². The molecule has 0 saturated heterocycles. The van der Waals surface area contributed by atoms with Gasteiger partial charge in [-0.2, -0.15) is 0 Å². The van der Waals surface area contributed by atoms with E-state index in [-0.39, 0.29) is 5.91 Å². The molecule has 0 aromatic heterocycles. The monoisotopic (exact) mass is 158 g/mol. The van der Waals surface area contributed by atoms with Crippen LogP contribution in [0, 0.1) is 0 Å². The van der Waals surface area contributed by atoms with Crippen LogP contribution in [0.1, 0.15) is 27.2 Å². The van der Waals surface area contributed by atoms with Gasteiger partial charge in [0.1, 0.15) is 0 Å². The van der Waals surface area contributed by atoms with Gasteiger partial charge in [0, 0.05) is 25.6 Å². The molecular formula is C8H18N2O. The number of nitrogens with zero attached hydrogens (tertiary/aromatic N) is 1. The fourth-order valence-corrected chi connectivity index (χ4v) is 1.10. The molecule has 0 unspecified atom stereocenters. The Balaban J connectivity index is 3.92. The quantitative estimate of drug-likeness (QED) is 0.651. The van der Waals surface area contributed by atoms with Crippen molar-refractivity contribution in [2.75, 3.05) is 13.1 Å². The lowest BCUT2D eigenvalue weighted by atomic mass is 10.3. The molecule has 0 saturated carbocycles. The van der Waals surface area contributed by atoms with E-state index in [1.165, 1.54) is 0 Å². The van der Waals surface area contributed by atoms with Gasteiger partial charge in [-0.3, -0.25) is 4.79 Å². The molecule has 3 nitrogen and oxygen atoms in total. The molecule has 0 rings (SSSR count). The molecule has 0 atom stereocenters. The van der Waals surface area contributed by atoms with E-state index < -0.39 is 0 Å². The Morgan fingerprint density at radius 3 is 2.36 bits per heavy atom. The molecule has 66 valence electrons. The Labute approximate surface area is 68.6 Å². The number of amides is 1. The summed E-state index contributed by atoms with van der Waals surface area (Å²) in [6.07, 6.45) is 0.464. The van der Waals surface area contributed by atoms with Crippen molar-refractivity contribution in [1.82, 2.24) is 4.90 Å². The molecule has 0 aliphatic carbocycles. The van der Waals surface area contributed by atoms with Crippen LogP contribution in [0.5, 0.6) is 0 Å². The molecule has 3 heteroatoms. The van der Waals surface area contributed by atoms with Gasteiger partial charge in [-0.25, -0.2) is 0 Å².